The smallest absolute Gasteiger partial charge is 0.123 e. The van der Waals surface area contributed by atoms with Gasteiger partial charge in [-0.3, -0.25) is 0 Å². The predicted molar refractivity (Wildman–Crippen MR) is 66.9 cm³/mol. The Balaban J connectivity index is 2.72. The zero-order valence-electron chi connectivity index (χ0n) is 10.5. The number of aryl methyl sites for hydroxylation is 1. The monoisotopic (exact) mass is 223 g/mol. The van der Waals surface area contributed by atoms with E-state index < -0.39 is 0 Å². The molecule has 0 aliphatic rings. The summed E-state index contributed by atoms with van der Waals surface area (Å²) in [6, 6.07) is 5.13. The topological polar surface area (TPSA) is 26.0 Å². The van der Waals surface area contributed by atoms with E-state index in [4.69, 9.17) is 5.73 Å². The van der Waals surface area contributed by atoms with Crippen LogP contribution in [0.15, 0.2) is 18.2 Å². The molecule has 0 saturated heterocycles. The standard InChI is InChI=1S/C14H22FN/c1-4-11(5-2)14(16)9-12-6-7-13(15)8-10(12)3/h6-8,11,14H,4-5,9,16H2,1-3H3. The maximum Gasteiger partial charge on any atom is 0.123 e. The molecule has 2 N–H and O–H groups in total. The van der Waals surface area contributed by atoms with Crippen molar-refractivity contribution in [3.05, 3.63) is 35.1 Å². The molecular weight excluding hydrogens is 201 g/mol. The van der Waals surface area contributed by atoms with Crippen molar-refractivity contribution in [1.29, 1.82) is 0 Å². The largest absolute Gasteiger partial charge is 0.327 e. The Labute approximate surface area is 97.9 Å². The number of hydrogen-bond donors (Lipinski definition) is 1. The average molecular weight is 223 g/mol. The number of benzene rings is 1. The van der Waals surface area contributed by atoms with Gasteiger partial charge in [-0.1, -0.05) is 32.8 Å². The van der Waals surface area contributed by atoms with E-state index in [-0.39, 0.29) is 11.9 Å². The van der Waals surface area contributed by atoms with Crippen molar-refractivity contribution in [3.63, 3.8) is 0 Å². The van der Waals surface area contributed by atoms with E-state index in [0.717, 1.165) is 24.8 Å². The van der Waals surface area contributed by atoms with Crippen molar-refractivity contribution < 1.29 is 4.39 Å². The Morgan fingerprint density at radius 1 is 1.25 bits per heavy atom. The van der Waals surface area contributed by atoms with Crippen LogP contribution in [-0.4, -0.2) is 6.04 Å². The lowest BCUT2D eigenvalue weighted by atomic mass is 9.89. The lowest BCUT2D eigenvalue weighted by Gasteiger charge is -2.22. The average Bonchev–Trinajstić information content (AvgIpc) is 2.24. The van der Waals surface area contributed by atoms with Crippen LogP contribution in [0.1, 0.15) is 37.8 Å². The van der Waals surface area contributed by atoms with Gasteiger partial charge in [-0.15, -0.1) is 0 Å². The molecule has 0 aliphatic heterocycles. The van der Waals surface area contributed by atoms with E-state index in [1.807, 2.05) is 13.0 Å². The highest BCUT2D eigenvalue weighted by molar-refractivity contribution is 5.27. The fourth-order valence-corrected chi connectivity index (χ4v) is 2.20. The summed E-state index contributed by atoms with van der Waals surface area (Å²) < 4.78 is 12.9. The van der Waals surface area contributed by atoms with Crippen molar-refractivity contribution in [2.24, 2.45) is 11.7 Å². The van der Waals surface area contributed by atoms with E-state index in [1.54, 1.807) is 6.07 Å². The molecule has 1 rings (SSSR count). The third-order valence-electron chi connectivity index (χ3n) is 3.41. The molecule has 16 heavy (non-hydrogen) atoms. The van der Waals surface area contributed by atoms with Crippen LogP contribution in [-0.2, 0) is 6.42 Å². The fraction of sp³-hybridized carbons (Fsp3) is 0.571. The van der Waals surface area contributed by atoms with E-state index in [1.165, 1.54) is 11.6 Å². The molecule has 0 bridgehead atoms. The molecule has 0 radical (unpaired) electrons. The molecule has 90 valence electrons. The summed E-state index contributed by atoms with van der Waals surface area (Å²) in [4.78, 5) is 0. The molecule has 0 heterocycles. The van der Waals surface area contributed by atoms with E-state index in [2.05, 4.69) is 13.8 Å². The molecule has 1 aromatic rings. The molecule has 2 heteroatoms. The maximum atomic E-state index is 12.9. The van der Waals surface area contributed by atoms with E-state index in [9.17, 15) is 4.39 Å². The summed E-state index contributed by atoms with van der Waals surface area (Å²) in [6.45, 7) is 6.29. The molecule has 1 unspecified atom stereocenters. The molecule has 0 aliphatic carbocycles. The van der Waals surface area contributed by atoms with Gasteiger partial charge in [0.1, 0.15) is 5.82 Å². The van der Waals surface area contributed by atoms with Gasteiger partial charge in [-0.05, 0) is 42.5 Å². The van der Waals surface area contributed by atoms with E-state index in [0.29, 0.717) is 5.92 Å². The zero-order valence-corrected chi connectivity index (χ0v) is 10.5. The van der Waals surface area contributed by atoms with Crippen LogP contribution in [0.25, 0.3) is 0 Å². The molecular formula is C14H22FN. The van der Waals surface area contributed by atoms with Gasteiger partial charge in [0.25, 0.3) is 0 Å². The van der Waals surface area contributed by atoms with Crippen molar-refractivity contribution in [1.82, 2.24) is 0 Å². The van der Waals surface area contributed by atoms with Crippen LogP contribution < -0.4 is 5.73 Å². The SMILES string of the molecule is CCC(CC)C(N)Cc1ccc(F)cc1C. The highest BCUT2D eigenvalue weighted by atomic mass is 19.1. The van der Waals surface area contributed by atoms with Gasteiger partial charge in [0.2, 0.25) is 0 Å². The minimum absolute atomic E-state index is 0.169. The highest BCUT2D eigenvalue weighted by Crippen LogP contribution is 2.18. The Hall–Kier alpha value is -0.890. The molecule has 1 nitrogen and oxygen atoms in total. The minimum Gasteiger partial charge on any atom is -0.327 e. The first-order valence-corrected chi connectivity index (χ1v) is 6.09. The van der Waals surface area contributed by atoms with Gasteiger partial charge in [0, 0.05) is 6.04 Å². The third kappa shape index (κ3) is 3.31. The second-order valence-electron chi connectivity index (χ2n) is 4.52. The molecule has 0 aromatic heterocycles. The molecule has 1 aromatic carbocycles. The maximum absolute atomic E-state index is 12.9. The van der Waals surface area contributed by atoms with E-state index >= 15 is 0 Å². The van der Waals surface area contributed by atoms with Gasteiger partial charge in [-0.25, -0.2) is 4.39 Å². The van der Waals surface area contributed by atoms with Gasteiger partial charge in [0.15, 0.2) is 0 Å². The first-order valence-electron chi connectivity index (χ1n) is 6.09. The molecule has 0 amide bonds. The van der Waals surface area contributed by atoms with Crippen LogP contribution in [0, 0.1) is 18.7 Å². The molecule has 0 fully saturated rings. The summed E-state index contributed by atoms with van der Waals surface area (Å²) in [6.07, 6.45) is 3.06. The second-order valence-corrected chi connectivity index (χ2v) is 4.52. The van der Waals surface area contributed by atoms with Crippen LogP contribution in [0.2, 0.25) is 0 Å². The first-order chi connectivity index (χ1) is 7.58. The summed E-state index contributed by atoms with van der Waals surface area (Å²) >= 11 is 0. The van der Waals surface area contributed by atoms with Crippen LogP contribution in [0.4, 0.5) is 4.39 Å². The van der Waals surface area contributed by atoms with Crippen molar-refractivity contribution in [2.75, 3.05) is 0 Å². The number of hydrogen-bond acceptors (Lipinski definition) is 1. The van der Waals surface area contributed by atoms with Crippen LogP contribution in [0.3, 0.4) is 0 Å². The second kappa shape index (κ2) is 6.00. The summed E-state index contributed by atoms with van der Waals surface area (Å²) in [5.41, 5.74) is 8.35. The molecule has 0 saturated carbocycles. The van der Waals surface area contributed by atoms with Crippen molar-refractivity contribution in [2.45, 2.75) is 46.1 Å². The zero-order chi connectivity index (χ0) is 12.1. The fourth-order valence-electron chi connectivity index (χ4n) is 2.20. The third-order valence-corrected chi connectivity index (χ3v) is 3.41. The van der Waals surface area contributed by atoms with Crippen LogP contribution in [0.5, 0.6) is 0 Å². The first kappa shape index (κ1) is 13.2. The number of halogens is 1. The Bertz CT molecular complexity index is 332. The molecule has 0 spiro atoms. The minimum atomic E-state index is -0.169. The van der Waals surface area contributed by atoms with Gasteiger partial charge >= 0.3 is 0 Å². The summed E-state index contributed by atoms with van der Waals surface area (Å²) in [5.74, 6) is 0.391. The Morgan fingerprint density at radius 3 is 2.38 bits per heavy atom. The quantitative estimate of drug-likeness (QED) is 0.813. The Morgan fingerprint density at radius 2 is 1.88 bits per heavy atom. The molecule has 1 atom stereocenters. The summed E-state index contributed by atoms with van der Waals surface area (Å²) in [5, 5.41) is 0. The normalized spacial score (nSPS) is 13.1. The lowest BCUT2D eigenvalue weighted by molar-refractivity contribution is 0.393. The predicted octanol–water partition coefficient (Wildman–Crippen LogP) is 3.44. The number of nitrogens with two attached hydrogens (primary N) is 1. The van der Waals surface area contributed by atoms with Crippen LogP contribution >= 0.6 is 0 Å². The van der Waals surface area contributed by atoms with Crippen molar-refractivity contribution in [3.8, 4) is 0 Å². The highest BCUT2D eigenvalue weighted by Gasteiger charge is 2.15. The van der Waals surface area contributed by atoms with Gasteiger partial charge in [0.05, 0.1) is 0 Å². The lowest BCUT2D eigenvalue weighted by Crippen LogP contribution is -2.31. The van der Waals surface area contributed by atoms with Gasteiger partial charge in [-0.2, -0.15) is 0 Å². The summed E-state index contributed by atoms with van der Waals surface area (Å²) in [7, 11) is 0. The number of rotatable bonds is 5. The van der Waals surface area contributed by atoms with Crippen molar-refractivity contribution >= 4 is 0 Å². The Kier molecular flexibility index (Phi) is 4.94. The van der Waals surface area contributed by atoms with Gasteiger partial charge < -0.3 is 5.73 Å².